The van der Waals surface area contributed by atoms with Gasteiger partial charge in [0.1, 0.15) is 6.04 Å². The molecular formula is C11H17N3OS. The Kier molecular flexibility index (Phi) is 3.93. The number of nitrogens with one attached hydrogen (secondary N) is 2. The molecule has 4 nitrogen and oxygen atoms in total. The Balaban J connectivity index is 2.02. The van der Waals surface area contributed by atoms with Crippen molar-refractivity contribution in [2.75, 3.05) is 26.7 Å². The van der Waals surface area contributed by atoms with Crippen LogP contribution in [-0.2, 0) is 11.3 Å². The summed E-state index contributed by atoms with van der Waals surface area (Å²) in [6.45, 7) is 3.48. The third kappa shape index (κ3) is 2.61. The zero-order chi connectivity index (χ0) is 11.4. The second kappa shape index (κ2) is 5.43. The second-order valence-electron chi connectivity index (χ2n) is 3.94. The number of carbonyl (C=O) groups excluding carboxylic acids is 1. The first kappa shape index (κ1) is 11.6. The maximum atomic E-state index is 11.7. The molecule has 0 aromatic carbocycles. The van der Waals surface area contributed by atoms with Crippen LogP contribution in [0.25, 0.3) is 0 Å². The number of carbonyl (C=O) groups is 1. The molecule has 1 aromatic rings. The standard InChI is InChI=1S/C11H17N3OS/c1-12-11(15)10-6-13-3-4-14(10)7-9-2-5-16-8-9/h2,5,8,10,13H,3-4,6-7H2,1H3,(H,12,15). The normalized spacial score (nSPS) is 21.9. The molecule has 1 aromatic heterocycles. The Labute approximate surface area is 99.6 Å². The highest BCUT2D eigenvalue weighted by atomic mass is 32.1. The number of thiophene rings is 1. The molecule has 0 radical (unpaired) electrons. The van der Waals surface area contributed by atoms with E-state index in [1.165, 1.54) is 5.56 Å². The molecule has 2 heterocycles. The van der Waals surface area contributed by atoms with Crippen molar-refractivity contribution in [2.45, 2.75) is 12.6 Å². The van der Waals surface area contributed by atoms with Gasteiger partial charge in [-0.15, -0.1) is 0 Å². The Morgan fingerprint density at radius 1 is 1.75 bits per heavy atom. The smallest absolute Gasteiger partial charge is 0.238 e. The lowest BCUT2D eigenvalue weighted by atomic mass is 10.1. The molecule has 0 aliphatic carbocycles. The van der Waals surface area contributed by atoms with Crippen LogP contribution in [0.15, 0.2) is 16.8 Å². The number of likely N-dealkylation sites (N-methyl/N-ethyl adjacent to an activating group) is 1. The molecule has 0 saturated carbocycles. The SMILES string of the molecule is CNC(=O)C1CNCCN1Cc1ccsc1. The lowest BCUT2D eigenvalue weighted by Crippen LogP contribution is -2.56. The molecule has 0 spiro atoms. The zero-order valence-electron chi connectivity index (χ0n) is 9.40. The molecule has 16 heavy (non-hydrogen) atoms. The van der Waals surface area contributed by atoms with Crippen LogP contribution in [0.5, 0.6) is 0 Å². The average molecular weight is 239 g/mol. The molecule has 0 bridgehead atoms. The second-order valence-corrected chi connectivity index (χ2v) is 4.72. The van der Waals surface area contributed by atoms with Crippen molar-refractivity contribution in [3.63, 3.8) is 0 Å². The van der Waals surface area contributed by atoms with Gasteiger partial charge in [-0.1, -0.05) is 0 Å². The lowest BCUT2D eigenvalue weighted by Gasteiger charge is -2.34. The van der Waals surface area contributed by atoms with E-state index in [0.717, 1.165) is 26.2 Å². The third-order valence-electron chi connectivity index (χ3n) is 2.87. The van der Waals surface area contributed by atoms with Gasteiger partial charge in [0.05, 0.1) is 0 Å². The number of piperazine rings is 1. The number of hydrogen-bond donors (Lipinski definition) is 2. The molecule has 88 valence electrons. The Morgan fingerprint density at radius 2 is 2.62 bits per heavy atom. The van der Waals surface area contributed by atoms with E-state index in [1.807, 2.05) is 0 Å². The lowest BCUT2D eigenvalue weighted by molar-refractivity contribution is -0.126. The monoisotopic (exact) mass is 239 g/mol. The first-order valence-electron chi connectivity index (χ1n) is 5.48. The van der Waals surface area contributed by atoms with Crippen LogP contribution in [-0.4, -0.2) is 43.5 Å². The molecular weight excluding hydrogens is 222 g/mol. The topological polar surface area (TPSA) is 44.4 Å². The number of nitrogens with zero attached hydrogens (tertiary/aromatic N) is 1. The summed E-state index contributed by atoms with van der Waals surface area (Å²) in [5.41, 5.74) is 1.29. The first-order chi connectivity index (χ1) is 7.81. The Bertz CT molecular complexity index is 339. The third-order valence-corrected chi connectivity index (χ3v) is 3.60. The number of rotatable bonds is 3. The summed E-state index contributed by atoms with van der Waals surface area (Å²) in [4.78, 5) is 13.9. The minimum absolute atomic E-state index is 0.0429. The van der Waals surface area contributed by atoms with Crippen LogP contribution < -0.4 is 10.6 Å². The first-order valence-corrected chi connectivity index (χ1v) is 6.43. The van der Waals surface area contributed by atoms with Gasteiger partial charge in [-0.3, -0.25) is 9.69 Å². The van der Waals surface area contributed by atoms with E-state index >= 15 is 0 Å². The fourth-order valence-corrected chi connectivity index (χ4v) is 2.64. The fraction of sp³-hybridized carbons (Fsp3) is 0.545. The highest BCUT2D eigenvalue weighted by molar-refractivity contribution is 7.07. The maximum Gasteiger partial charge on any atom is 0.238 e. The van der Waals surface area contributed by atoms with Crippen LogP contribution in [0.2, 0.25) is 0 Å². The van der Waals surface area contributed by atoms with Gasteiger partial charge >= 0.3 is 0 Å². The highest BCUT2D eigenvalue weighted by Gasteiger charge is 2.27. The van der Waals surface area contributed by atoms with E-state index in [2.05, 4.69) is 32.4 Å². The summed E-state index contributed by atoms with van der Waals surface area (Å²) in [6.07, 6.45) is 0. The zero-order valence-corrected chi connectivity index (χ0v) is 10.2. The molecule has 1 fully saturated rings. The van der Waals surface area contributed by atoms with Gasteiger partial charge in [0.25, 0.3) is 0 Å². The van der Waals surface area contributed by atoms with Crippen LogP contribution in [0.4, 0.5) is 0 Å². The van der Waals surface area contributed by atoms with E-state index in [9.17, 15) is 4.79 Å². The largest absolute Gasteiger partial charge is 0.358 e. The highest BCUT2D eigenvalue weighted by Crippen LogP contribution is 2.13. The predicted molar refractivity (Wildman–Crippen MR) is 65.5 cm³/mol. The van der Waals surface area contributed by atoms with E-state index in [4.69, 9.17) is 0 Å². The van der Waals surface area contributed by atoms with Gasteiger partial charge in [0, 0.05) is 33.2 Å². The molecule has 2 rings (SSSR count). The van der Waals surface area contributed by atoms with Crippen molar-refractivity contribution >= 4 is 17.2 Å². The quantitative estimate of drug-likeness (QED) is 0.796. The van der Waals surface area contributed by atoms with Crippen molar-refractivity contribution in [3.05, 3.63) is 22.4 Å². The van der Waals surface area contributed by atoms with Crippen LogP contribution in [0.1, 0.15) is 5.56 Å². The summed E-state index contributed by atoms with van der Waals surface area (Å²) in [5.74, 6) is 0.0995. The summed E-state index contributed by atoms with van der Waals surface area (Å²) < 4.78 is 0. The number of hydrogen-bond acceptors (Lipinski definition) is 4. The summed E-state index contributed by atoms with van der Waals surface area (Å²) in [7, 11) is 1.69. The van der Waals surface area contributed by atoms with Gasteiger partial charge < -0.3 is 10.6 Å². The molecule has 5 heteroatoms. The van der Waals surface area contributed by atoms with Crippen LogP contribution >= 0.6 is 11.3 Å². The van der Waals surface area contributed by atoms with Crippen molar-refractivity contribution in [1.29, 1.82) is 0 Å². The molecule has 1 atom stereocenters. The molecule has 1 unspecified atom stereocenters. The maximum absolute atomic E-state index is 11.7. The van der Waals surface area contributed by atoms with Gasteiger partial charge in [0.15, 0.2) is 0 Å². The molecule has 1 saturated heterocycles. The molecule has 2 N–H and O–H groups in total. The Hall–Kier alpha value is -0.910. The van der Waals surface area contributed by atoms with Crippen molar-refractivity contribution in [1.82, 2.24) is 15.5 Å². The predicted octanol–water partition coefficient (Wildman–Crippen LogP) is 0.268. The molecule has 1 aliphatic heterocycles. The van der Waals surface area contributed by atoms with E-state index in [0.29, 0.717) is 0 Å². The molecule has 1 aliphatic rings. The van der Waals surface area contributed by atoms with Crippen LogP contribution in [0, 0.1) is 0 Å². The fourth-order valence-electron chi connectivity index (χ4n) is 1.98. The van der Waals surface area contributed by atoms with Gasteiger partial charge in [-0.25, -0.2) is 0 Å². The summed E-state index contributed by atoms with van der Waals surface area (Å²) >= 11 is 1.70. The van der Waals surface area contributed by atoms with Gasteiger partial charge in [0.2, 0.25) is 5.91 Å². The minimum Gasteiger partial charge on any atom is -0.358 e. The average Bonchev–Trinajstić information content (AvgIpc) is 2.82. The summed E-state index contributed by atoms with van der Waals surface area (Å²) in [5, 5.41) is 10.2. The summed E-state index contributed by atoms with van der Waals surface area (Å²) in [6, 6.07) is 2.08. The molecule has 1 amide bonds. The Morgan fingerprint density at radius 3 is 3.31 bits per heavy atom. The van der Waals surface area contributed by atoms with E-state index in [-0.39, 0.29) is 11.9 Å². The van der Waals surface area contributed by atoms with Crippen LogP contribution in [0.3, 0.4) is 0 Å². The van der Waals surface area contributed by atoms with E-state index < -0.39 is 0 Å². The minimum atomic E-state index is -0.0429. The number of amides is 1. The van der Waals surface area contributed by atoms with Crippen molar-refractivity contribution in [2.24, 2.45) is 0 Å². The van der Waals surface area contributed by atoms with E-state index in [1.54, 1.807) is 18.4 Å². The van der Waals surface area contributed by atoms with Gasteiger partial charge in [-0.05, 0) is 22.4 Å². The van der Waals surface area contributed by atoms with Gasteiger partial charge in [-0.2, -0.15) is 11.3 Å². The van der Waals surface area contributed by atoms with Crippen molar-refractivity contribution in [3.8, 4) is 0 Å². The van der Waals surface area contributed by atoms with Crippen molar-refractivity contribution < 1.29 is 4.79 Å².